The van der Waals surface area contributed by atoms with E-state index in [0.717, 1.165) is 18.6 Å². The lowest BCUT2D eigenvalue weighted by molar-refractivity contribution is 0.00578. The van der Waals surface area contributed by atoms with E-state index in [9.17, 15) is 0 Å². The topological polar surface area (TPSA) is 33.8 Å². The van der Waals surface area contributed by atoms with Crippen LogP contribution in [0.3, 0.4) is 0 Å². The van der Waals surface area contributed by atoms with Crippen LogP contribution in [0.25, 0.3) is 0 Å². The molecule has 2 aliphatic heterocycles. The van der Waals surface area contributed by atoms with Crippen molar-refractivity contribution in [3.8, 4) is 0 Å². The Morgan fingerprint density at radius 1 is 1.17 bits per heavy atom. The molecule has 2 heterocycles. The molecule has 2 aliphatic rings. The molecule has 3 unspecified atom stereocenters. The molecule has 2 saturated heterocycles. The van der Waals surface area contributed by atoms with Gasteiger partial charge in [0.2, 0.25) is 0 Å². The molecule has 4 nitrogen and oxygen atoms in total. The van der Waals surface area contributed by atoms with Crippen molar-refractivity contribution in [1.82, 2.24) is 4.90 Å². The lowest BCUT2D eigenvalue weighted by Gasteiger charge is -2.32. The quantitative estimate of drug-likeness (QED) is 0.419. The van der Waals surface area contributed by atoms with Crippen LogP contribution in [0.5, 0.6) is 0 Å². The summed E-state index contributed by atoms with van der Waals surface area (Å²) in [5.41, 5.74) is -0.513. The molecule has 23 heavy (non-hydrogen) atoms. The maximum Gasteiger partial charge on any atom is 0.458 e. The summed E-state index contributed by atoms with van der Waals surface area (Å²) >= 11 is 0. The lowest BCUT2D eigenvalue weighted by atomic mass is 9.78. The Bertz CT molecular complexity index is 463. The Morgan fingerprint density at radius 2 is 1.70 bits per heavy atom. The highest BCUT2D eigenvalue weighted by Gasteiger charge is 2.51. The third-order valence-corrected chi connectivity index (χ3v) is 5.46. The van der Waals surface area contributed by atoms with Crippen LogP contribution < -0.4 is 0 Å². The van der Waals surface area contributed by atoms with Crippen LogP contribution in [0.15, 0.2) is 16.9 Å². The second-order valence-corrected chi connectivity index (χ2v) is 8.03. The predicted octanol–water partition coefficient (Wildman–Crippen LogP) is 4.13. The van der Waals surface area contributed by atoms with E-state index in [0.29, 0.717) is 18.0 Å². The fourth-order valence-corrected chi connectivity index (χ4v) is 2.99. The Kier molecular flexibility index (Phi) is 5.32. The molecule has 0 aromatic carbocycles. The first-order valence-corrected chi connectivity index (χ1v) is 8.97. The monoisotopic (exact) mass is 320 g/mol. The maximum atomic E-state index is 6.11. The normalized spacial score (nSPS) is 31.0. The predicted molar refractivity (Wildman–Crippen MR) is 97.7 cm³/mol. The van der Waals surface area contributed by atoms with E-state index in [2.05, 4.69) is 71.4 Å². The summed E-state index contributed by atoms with van der Waals surface area (Å²) in [7, 11) is -0.147. The van der Waals surface area contributed by atoms with Crippen LogP contribution in [-0.2, 0) is 9.31 Å². The molecule has 0 spiro atoms. The van der Waals surface area contributed by atoms with Crippen LogP contribution in [0, 0.1) is 5.92 Å². The molecule has 0 amide bonds. The number of hydrogen-bond acceptors (Lipinski definition) is 4. The molecule has 5 heteroatoms. The first kappa shape index (κ1) is 18.5. The molecule has 0 bridgehead atoms. The minimum absolute atomic E-state index is 0.147. The van der Waals surface area contributed by atoms with Crippen LogP contribution in [-0.4, -0.2) is 41.5 Å². The van der Waals surface area contributed by atoms with Crippen LogP contribution in [0.2, 0.25) is 6.32 Å². The van der Waals surface area contributed by atoms with Crippen LogP contribution in [0.1, 0.15) is 61.8 Å². The molecule has 0 aromatic heterocycles. The number of nitrogens with zero attached hydrogens (tertiary/aromatic N) is 2. The minimum atomic E-state index is -0.257. The van der Waals surface area contributed by atoms with Crippen LogP contribution in [0.4, 0.5) is 0 Å². The summed E-state index contributed by atoms with van der Waals surface area (Å²) in [5.74, 6) is 1.45. The van der Waals surface area contributed by atoms with Gasteiger partial charge < -0.3 is 14.2 Å². The van der Waals surface area contributed by atoms with Gasteiger partial charge in [-0.1, -0.05) is 13.8 Å². The van der Waals surface area contributed by atoms with Gasteiger partial charge in [-0.15, -0.1) is 0 Å². The zero-order chi connectivity index (χ0) is 17.4. The van der Waals surface area contributed by atoms with E-state index >= 15 is 0 Å². The van der Waals surface area contributed by atoms with Crippen LogP contribution >= 0.6 is 0 Å². The zero-order valence-corrected chi connectivity index (χ0v) is 16.1. The van der Waals surface area contributed by atoms with E-state index < -0.39 is 0 Å². The maximum absolute atomic E-state index is 6.11. The largest absolute Gasteiger partial charge is 0.458 e. The van der Waals surface area contributed by atoms with Crippen molar-refractivity contribution >= 4 is 13.3 Å². The fraction of sp³-hybridized carbons (Fsp3) is 0.833. The van der Waals surface area contributed by atoms with Crippen molar-refractivity contribution < 1.29 is 9.31 Å². The standard InChI is InChI=1S/C18H33BN2O2/c1-9-10-20-16(21-14(3)15(21)4)11-13(2)12-19-22-17(5,6)18(7,8)23-19/h10-11,13-15H,9,12H2,1-8H3/b16-11-,20-10-. The Labute approximate surface area is 142 Å². The highest BCUT2D eigenvalue weighted by atomic mass is 16.7. The third-order valence-electron chi connectivity index (χ3n) is 5.46. The molecule has 0 saturated carbocycles. The molecule has 0 aromatic rings. The number of allylic oxidation sites excluding steroid dienone is 1. The first-order valence-electron chi connectivity index (χ1n) is 8.97. The van der Waals surface area contributed by atoms with E-state index in [1.165, 1.54) is 0 Å². The van der Waals surface area contributed by atoms with Crippen molar-refractivity contribution in [3.05, 3.63) is 11.9 Å². The van der Waals surface area contributed by atoms with E-state index in [-0.39, 0.29) is 18.3 Å². The summed E-state index contributed by atoms with van der Waals surface area (Å²) in [5, 5.41) is 0. The van der Waals surface area contributed by atoms with Crippen molar-refractivity contribution in [2.45, 2.75) is 91.4 Å². The second kappa shape index (κ2) is 6.60. The van der Waals surface area contributed by atoms with Gasteiger partial charge in [0, 0.05) is 18.3 Å². The molecule has 3 atom stereocenters. The molecule has 2 fully saturated rings. The van der Waals surface area contributed by atoms with E-state index in [4.69, 9.17) is 9.31 Å². The molecule has 0 radical (unpaired) electrons. The lowest BCUT2D eigenvalue weighted by Crippen LogP contribution is -2.41. The molecule has 0 N–H and O–H groups in total. The second-order valence-electron chi connectivity index (χ2n) is 8.03. The van der Waals surface area contributed by atoms with Crippen molar-refractivity contribution in [2.75, 3.05) is 0 Å². The molecule has 130 valence electrons. The number of hydrogen-bond donors (Lipinski definition) is 0. The smallest absolute Gasteiger partial charge is 0.403 e. The fourth-order valence-electron chi connectivity index (χ4n) is 2.99. The van der Waals surface area contributed by atoms with Gasteiger partial charge in [0.1, 0.15) is 5.82 Å². The van der Waals surface area contributed by atoms with Gasteiger partial charge in [-0.3, -0.25) is 0 Å². The van der Waals surface area contributed by atoms with Crippen molar-refractivity contribution in [1.29, 1.82) is 0 Å². The van der Waals surface area contributed by atoms with Crippen molar-refractivity contribution in [3.63, 3.8) is 0 Å². The summed E-state index contributed by atoms with van der Waals surface area (Å²) < 4.78 is 12.2. The SMILES string of the molecule is CC/C=N\C(=C\C(C)CB1OC(C)(C)C(C)(C)O1)N1C(C)C1C. The van der Waals surface area contributed by atoms with Gasteiger partial charge in [0.05, 0.1) is 11.2 Å². The third kappa shape index (κ3) is 4.00. The Hall–Kier alpha value is -0.805. The first-order chi connectivity index (χ1) is 10.6. The van der Waals surface area contributed by atoms with Gasteiger partial charge in [-0.05, 0) is 66.3 Å². The van der Waals surface area contributed by atoms with Gasteiger partial charge >= 0.3 is 7.12 Å². The van der Waals surface area contributed by atoms with Crippen molar-refractivity contribution in [2.24, 2.45) is 10.9 Å². The highest BCUT2D eigenvalue weighted by Crippen LogP contribution is 2.39. The molecular formula is C18H33BN2O2. The minimum Gasteiger partial charge on any atom is -0.403 e. The molecule has 2 rings (SSSR count). The summed E-state index contributed by atoms with van der Waals surface area (Å²) in [6.45, 7) is 17.2. The van der Waals surface area contributed by atoms with Gasteiger partial charge in [0.25, 0.3) is 0 Å². The Balaban J connectivity index is 2.02. The van der Waals surface area contributed by atoms with Gasteiger partial charge in [0.15, 0.2) is 0 Å². The number of rotatable bonds is 6. The average Bonchev–Trinajstić information content (AvgIpc) is 2.93. The Morgan fingerprint density at radius 3 is 2.13 bits per heavy atom. The average molecular weight is 320 g/mol. The highest BCUT2D eigenvalue weighted by molar-refractivity contribution is 6.45. The van der Waals surface area contributed by atoms with E-state index in [1.807, 2.05) is 6.21 Å². The zero-order valence-electron chi connectivity index (χ0n) is 16.1. The van der Waals surface area contributed by atoms with Gasteiger partial charge in [-0.2, -0.15) is 0 Å². The van der Waals surface area contributed by atoms with Gasteiger partial charge in [-0.25, -0.2) is 4.99 Å². The molecular weight excluding hydrogens is 287 g/mol. The van der Waals surface area contributed by atoms with E-state index in [1.54, 1.807) is 0 Å². The summed E-state index contributed by atoms with van der Waals surface area (Å²) in [6.07, 6.45) is 6.07. The number of aliphatic imine (C=N–C) groups is 1. The molecule has 0 aliphatic carbocycles. The summed E-state index contributed by atoms with van der Waals surface area (Å²) in [6, 6.07) is 1.17. The summed E-state index contributed by atoms with van der Waals surface area (Å²) in [4.78, 5) is 7.03.